The Hall–Kier alpha value is -4.13. The number of hydrogen-bond acceptors (Lipinski definition) is 10. The highest BCUT2D eigenvalue weighted by Crippen LogP contribution is 2.30. The van der Waals surface area contributed by atoms with Crippen molar-refractivity contribution in [3.8, 4) is 11.5 Å². The number of non-ortho nitro benzene ring substituents is 1. The van der Waals surface area contributed by atoms with Gasteiger partial charge >= 0.3 is 0 Å². The Labute approximate surface area is 185 Å². The smallest absolute Gasteiger partial charge is 0.279 e. The minimum atomic E-state index is -0.796. The lowest BCUT2D eigenvalue weighted by Gasteiger charge is -2.08. The molecule has 0 fully saturated rings. The van der Waals surface area contributed by atoms with Crippen molar-refractivity contribution in [3.63, 3.8) is 0 Å². The molecule has 0 radical (unpaired) electrons. The van der Waals surface area contributed by atoms with Crippen LogP contribution >= 0.6 is 11.3 Å². The Morgan fingerprint density at radius 2 is 1.78 bits per heavy atom. The van der Waals surface area contributed by atoms with Crippen LogP contribution in [0.2, 0.25) is 0 Å². The predicted molar refractivity (Wildman–Crippen MR) is 115 cm³/mol. The summed E-state index contributed by atoms with van der Waals surface area (Å²) in [6.07, 6.45) is 0.412. The van der Waals surface area contributed by atoms with E-state index in [4.69, 9.17) is 9.47 Å². The summed E-state index contributed by atoms with van der Waals surface area (Å²) in [6.45, 7) is 1.35. The van der Waals surface area contributed by atoms with Crippen LogP contribution in [0, 0.1) is 27.2 Å². The number of nitro benzene ring substituents is 2. The summed E-state index contributed by atoms with van der Waals surface area (Å²) in [7, 11) is 3.06. The first kappa shape index (κ1) is 22.6. The minimum absolute atomic E-state index is 0.00756. The van der Waals surface area contributed by atoms with Gasteiger partial charge in [0.1, 0.15) is 5.01 Å². The van der Waals surface area contributed by atoms with Gasteiger partial charge in [-0.25, -0.2) is 0 Å². The molecule has 2 aromatic carbocycles. The van der Waals surface area contributed by atoms with Gasteiger partial charge in [-0.1, -0.05) is 17.4 Å². The molecule has 0 aliphatic heterocycles. The van der Waals surface area contributed by atoms with E-state index in [0.29, 0.717) is 22.9 Å². The molecule has 0 aliphatic carbocycles. The van der Waals surface area contributed by atoms with Crippen LogP contribution in [0.3, 0.4) is 0 Å². The number of methoxy groups -OCH3 is 2. The van der Waals surface area contributed by atoms with Gasteiger partial charge in [-0.2, -0.15) is 0 Å². The number of hydrogen-bond donors (Lipinski definition) is 1. The van der Waals surface area contributed by atoms with E-state index in [1.165, 1.54) is 21.1 Å². The number of ether oxygens (including phenoxy) is 2. The van der Waals surface area contributed by atoms with Crippen molar-refractivity contribution in [2.75, 3.05) is 19.5 Å². The molecule has 3 aromatic rings. The minimum Gasteiger partial charge on any atom is -0.493 e. The van der Waals surface area contributed by atoms with E-state index in [2.05, 4.69) is 15.5 Å². The third-order valence-electron chi connectivity index (χ3n) is 4.51. The van der Waals surface area contributed by atoms with Crippen LogP contribution < -0.4 is 14.8 Å². The van der Waals surface area contributed by atoms with Gasteiger partial charge in [0.15, 0.2) is 11.5 Å². The highest BCUT2D eigenvalue weighted by atomic mass is 32.1. The van der Waals surface area contributed by atoms with E-state index in [-0.39, 0.29) is 16.3 Å². The fraction of sp³-hybridized carbons (Fsp3) is 0.211. The molecule has 0 aliphatic rings. The van der Waals surface area contributed by atoms with Crippen LogP contribution in [-0.2, 0) is 6.42 Å². The van der Waals surface area contributed by atoms with Gasteiger partial charge in [0.05, 0.1) is 35.7 Å². The fourth-order valence-electron chi connectivity index (χ4n) is 2.92. The molecule has 0 atom stereocenters. The van der Waals surface area contributed by atoms with Crippen LogP contribution in [0.25, 0.3) is 0 Å². The molecule has 0 saturated heterocycles. The maximum atomic E-state index is 12.7. The molecule has 0 unspecified atom stereocenters. The number of anilines is 1. The number of carbonyl (C=O) groups is 1. The zero-order valence-corrected chi connectivity index (χ0v) is 18.0. The van der Waals surface area contributed by atoms with Crippen molar-refractivity contribution >= 4 is 33.8 Å². The SMILES string of the molecule is COc1ccc(Cc2nnc(NC(=O)c3cc([N+](=O)[O-])cc([N+](=O)[O-])c3C)s2)cc1OC. The van der Waals surface area contributed by atoms with Gasteiger partial charge in [0.2, 0.25) is 5.13 Å². The normalized spacial score (nSPS) is 10.5. The monoisotopic (exact) mass is 459 g/mol. The number of amides is 1. The summed E-state index contributed by atoms with van der Waals surface area (Å²) in [6, 6.07) is 7.20. The first-order valence-corrected chi connectivity index (χ1v) is 9.83. The molecule has 32 heavy (non-hydrogen) atoms. The Morgan fingerprint density at radius 1 is 1.06 bits per heavy atom. The van der Waals surface area contributed by atoms with E-state index < -0.39 is 27.1 Å². The summed E-state index contributed by atoms with van der Waals surface area (Å²) in [5.74, 6) is 0.386. The lowest BCUT2D eigenvalue weighted by molar-refractivity contribution is -0.394. The van der Waals surface area contributed by atoms with Crippen molar-refractivity contribution in [2.24, 2.45) is 0 Å². The molecule has 0 spiro atoms. The molecule has 166 valence electrons. The topological polar surface area (TPSA) is 160 Å². The van der Waals surface area contributed by atoms with Crippen LogP contribution in [0.4, 0.5) is 16.5 Å². The Morgan fingerprint density at radius 3 is 2.41 bits per heavy atom. The molecular formula is C19H17N5O7S. The quantitative estimate of drug-likeness (QED) is 0.392. The molecule has 1 heterocycles. The summed E-state index contributed by atoms with van der Waals surface area (Å²) in [5.41, 5.74) is -0.382. The van der Waals surface area contributed by atoms with Crippen LogP contribution in [0.5, 0.6) is 11.5 Å². The summed E-state index contributed by atoms with van der Waals surface area (Å²) in [4.78, 5) is 33.4. The number of aromatic nitrogens is 2. The Bertz CT molecular complexity index is 1210. The molecule has 12 nitrogen and oxygen atoms in total. The average Bonchev–Trinajstić information content (AvgIpc) is 3.19. The van der Waals surface area contributed by atoms with Crippen molar-refractivity contribution in [1.29, 1.82) is 0 Å². The summed E-state index contributed by atoms with van der Waals surface area (Å²) in [5, 5.41) is 33.5. The van der Waals surface area contributed by atoms with E-state index in [0.717, 1.165) is 29.0 Å². The average molecular weight is 459 g/mol. The van der Waals surface area contributed by atoms with Crippen LogP contribution in [0.1, 0.15) is 26.5 Å². The third-order valence-corrected chi connectivity index (χ3v) is 5.35. The zero-order valence-electron chi connectivity index (χ0n) is 17.1. The van der Waals surface area contributed by atoms with Gasteiger partial charge in [-0.3, -0.25) is 30.3 Å². The van der Waals surface area contributed by atoms with E-state index in [1.807, 2.05) is 6.07 Å². The highest BCUT2D eigenvalue weighted by molar-refractivity contribution is 7.15. The molecule has 1 amide bonds. The maximum absolute atomic E-state index is 12.7. The lowest BCUT2D eigenvalue weighted by atomic mass is 10.0. The lowest BCUT2D eigenvalue weighted by Crippen LogP contribution is -2.14. The molecule has 13 heteroatoms. The largest absolute Gasteiger partial charge is 0.493 e. The number of nitrogens with zero attached hydrogens (tertiary/aromatic N) is 4. The number of carbonyl (C=O) groups excluding carboxylic acids is 1. The second-order valence-corrected chi connectivity index (χ2v) is 7.53. The molecule has 3 rings (SSSR count). The number of nitrogens with one attached hydrogen (secondary N) is 1. The van der Waals surface area contributed by atoms with Gasteiger partial charge in [0.25, 0.3) is 17.3 Å². The Balaban J connectivity index is 1.81. The van der Waals surface area contributed by atoms with Gasteiger partial charge in [-0.15, -0.1) is 10.2 Å². The summed E-state index contributed by atoms with van der Waals surface area (Å²) >= 11 is 1.11. The summed E-state index contributed by atoms with van der Waals surface area (Å²) < 4.78 is 10.5. The Kier molecular flexibility index (Phi) is 6.59. The fourth-order valence-corrected chi connectivity index (χ4v) is 3.69. The van der Waals surface area contributed by atoms with E-state index in [1.54, 1.807) is 12.1 Å². The van der Waals surface area contributed by atoms with Crippen molar-refractivity contribution in [3.05, 3.63) is 72.3 Å². The number of benzene rings is 2. The van der Waals surface area contributed by atoms with Crippen molar-refractivity contribution < 1.29 is 24.1 Å². The second-order valence-electron chi connectivity index (χ2n) is 6.47. The molecule has 0 saturated carbocycles. The molecule has 0 bridgehead atoms. The molecular weight excluding hydrogens is 442 g/mol. The molecule has 1 aromatic heterocycles. The maximum Gasteiger partial charge on any atom is 0.279 e. The van der Waals surface area contributed by atoms with Gasteiger partial charge in [0, 0.05) is 18.1 Å². The molecule has 1 N–H and O–H groups in total. The van der Waals surface area contributed by atoms with Crippen molar-refractivity contribution in [2.45, 2.75) is 13.3 Å². The van der Waals surface area contributed by atoms with Gasteiger partial charge < -0.3 is 9.47 Å². The van der Waals surface area contributed by atoms with Crippen molar-refractivity contribution in [1.82, 2.24) is 10.2 Å². The predicted octanol–water partition coefficient (Wildman–Crippen LogP) is 3.52. The standard InChI is InChI=1S/C19H17N5O7S/c1-10-13(8-12(23(26)27)9-14(10)24(28)29)18(25)20-19-22-21-17(32-19)7-11-4-5-15(30-2)16(6-11)31-3/h4-6,8-9H,7H2,1-3H3,(H,20,22,25). The second kappa shape index (κ2) is 9.34. The zero-order chi connectivity index (χ0) is 23.4. The third kappa shape index (κ3) is 4.78. The van der Waals surface area contributed by atoms with E-state index in [9.17, 15) is 25.0 Å². The number of nitro groups is 2. The highest BCUT2D eigenvalue weighted by Gasteiger charge is 2.25. The first-order chi connectivity index (χ1) is 15.2. The van der Waals surface area contributed by atoms with Gasteiger partial charge in [-0.05, 0) is 24.6 Å². The number of rotatable bonds is 8. The van der Waals surface area contributed by atoms with Crippen LogP contribution in [0.15, 0.2) is 30.3 Å². The van der Waals surface area contributed by atoms with E-state index >= 15 is 0 Å². The van der Waals surface area contributed by atoms with Crippen LogP contribution in [-0.4, -0.2) is 40.2 Å². The first-order valence-electron chi connectivity index (χ1n) is 9.01.